The summed E-state index contributed by atoms with van der Waals surface area (Å²) in [6, 6.07) is 134. The van der Waals surface area contributed by atoms with Crippen LogP contribution in [0, 0.1) is 27.7 Å². The molecule has 0 aliphatic rings. The van der Waals surface area contributed by atoms with Crippen LogP contribution in [0.4, 0.5) is 0 Å². The van der Waals surface area contributed by atoms with Crippen molar-refractivity contribution in [3.05, 3.63) is 392 Å². The van der Waals surface area contributed by atoms with E-state index in [4.69, 9.17) is 0 Å². The zero-order valence-corrected chi connectivity index (χ0v) is 65.6. The third-order valence-electron chi connectivity index (χ3n) is 23.1. The molecule has 25 rings (SSSR count). The first-order valence-corrected chi connectivity index (χ1v) is 41.5. The minimum absolute atomic E-state index is 1.19. The van der Waals surface area contributed by atoms with Crippen molar-refractivity contribution in [1.82, 2.24) is 22.8 Å². The summed E-state index contributed by atoms with van der Waals surface area (Å²) in [4.78, 5) is 0. The Bertz CT molecular complexity index is 8060. The zero-order valence-electron chi connectivity index (χ0n) is 63.2. The summed E-state index contributed by atoms with van der Waals surface area (Å²) in [5, 5.41) is 21.3. The molecule has 0 aliphatic heterocycles. The lowest BCUT2D eigenvalue weighted by Crippen LogP contribution is -1.94. The van der Waals surface area contributed by atoms with E-state index >= 15 is 0 Å². The average Bonchev–Trinajstić information content (AvgIpc) is 1.55. The molecule has 0 N–H and O–H groups in total. The van der Waals surface area contributed by atoms with Crippen molar-refractivity contribution in [3.63, 3.8) is 0 Å². The minimum atomic E-state index is 1.19. The molecule has 0 fully saturated rings. The van der Waals surface area contributed by atoms with E-state index in [1.807, 2.05) is 34.0 Å². The molecule has 0 spiro atoms. The Labute approximate surface area is 669 Å². The highest BCUT2D eigenvalue weighted by atomic mass is 32.1. The maximum atomic E-state index is 2.43. The molecule has 0 amide bonds. The third-order valence-corrected chi connectivity index (χ3v) is 26.5. The normalized spacial score (nSPS) is 11.9. The van der Waals surface area contributed by atoms with Crippen LogP contribution in [0.1, 0.15) is 22.3 Å². The lowest BCUT2D eigenvalue weighted by Gasteiger charge is -2.09. The number of hydrogen-bond acceptors (Lipinski definition) is 3. The third kappa shape index (κ3) is 10.8. The maximum absolute atomic E-state index is 2.43. The number of thiophene rings is 3. The van der Waals surface area contributed by atoms with E-state index in [0.717, 1.165) is 0 Å². The van der Waals surface area contributed by atoms with E-state index in [-0.39, 0.29) is 0 Å². The van der Waals surface area contributed by atoms with Crippen molar-refractivity contribution in [1.29, 1.82) is 0 Å². The fourth-order valence-corrected chi connectivity index (χ4v) is 21.9. The SMILES string of the molecule is Cc1ccc2c(c1)c1c3c4ccccc4n(-c4ccccc4)c3ccc1n2-c1ccccc1.Cc1ccc2c(c1)sc1c2ccc2c1c1ccccc1n2-c1ccccc1.Cc1ccc2c(c1)sc1cc3c(cc12)c1ccccc1n3-c1ccccc1.Cc1ccc2c(c1)sc1ccc3c4ccccc4n(-c4ccccc4)c3c12. The highest BCUT2D eigenvalue weighted by molar-refractivity contribution is 7.27. The second-order valence-corrected chi connectivity index (χ2v) is 33.4. The van der Waals surface area contributed by atoms with E-state index < -0.39 is 0 Å². The fourth-order valence-electron chi connectivity index (χ4n) is 18.1. The van der Waals surface area contributed by atoms with Crippen LogP contribution in [0.2, 0.25) is 0 Å². The molecule has 540 valence electrons. The van der Waals surface area contributed by atoms with Gasteiger partial charge in [-0.3, -0.25) is 0 Å². The van der Waals surface area contributed by atoms with Gasteiger partial charge in [0.05, 0.1) is 55.2 Å². The topological polar surface area (TPSA) is 24.6 Å². The predicted molar refractivity (Wildman–Crippen MR) is 495 cm³/mol. The fraction of sp³-hybridized carbons (Fsp3) is 0.0377. The van der Waals surface area contributed by atoms with Crippen LogP contribution in [0.15, 0.2) is 370 Å². The van der Waals surface area contributed by atoms with E-state index in [1.165, 1.54) is 220 Å². The van der Waals surface area contributed by atoms with Gasteiger partial charge in [-0.2, -0.15) is 0 Å². The molecule has 0 saturated heterocycles. The van der Waals surface area contributed by atoms with Gasteiger partial charge >= 0.3 is 0 Å². The van der Waals surface area contributed by atoms with Crippen molar-refractivity contribution in [2.24, 2.45) is 0 Å². The second kappa shape index (κ2) is 27.1. The molecule has 5 nitrogen and oxygen atoms in total. The summed E-state index contributed by atoms with van der Waals surface area (Å²) in [5.41, 5.74) is 23.8. The van der Waals surface area contributed by atoms with Crippen LogP contribution in [-0.4, -0.2) is 22.8 Å². The summed E-state index contributed by atoms with van der Waals surface area (Å²) in [6.45, 7) is 8.68. The van der Waals surface area contributed by atoms with E-state index in [1.54, 1.807) is 0 Å². The number of fused-ring (bicyclic) bond motifs is 27. The second-order valence-electron chi connectivity index (χ2n) is 30.1. The highest BCUT2D eigenvalue weighted by Gasteiger charge is 2.24. The lowest BCUT2D eigenvalue weighted by atomic mass is 10.0. The standard InChI is InChI=1S/C31H22N2.3C25H17NS/c1-21-16-17-27-25(20-21)31-29(33(27)23-12-6-3-7-13-23)19-18-28-30(31)24-14-8-9-15-26(24)32(28)22-10-4-2-5-11-22;1-16-11-12-19-21-14-20-18-9-5-6-10-22(18)26(17-7-3-2-4-8-17)23(20)15-25(21)27-24(19)13-16;1-16-11-12-18-19-13-14-22-24(25(19)27-23(18)15-16)20-9-5-6-10-21(20)26(22)17-7-3-2-4-8-17;1-16-11-12-20-23(15-16)27-22-14-13-19-18-9-5-6-10-21(18)26(25(19)24(20)22)17-7-3-2-4-8-17/h2-20H,1H3;3*2-15H,1H3. The number of hydrogen-bond donors (Lipinski definition) is 0. The molecular weight excluding hydrogens is 1440 g/mol. The molecular formula is C106H73N5S3. The number of rotatable bonds is 5. The Morgan fingerprint density at radius 3 is 1.04 bits per heavy atom. The van der Waals surface area contributed by atoms with Gasteiger partial charge in [-0.1, -0.05) is 224 Å². The Morgan fingerprint density at radius 2 is 0.500 bits per heavy atom. The molecule has 0 aliphatic carbocycles. The minimum Gasteiger partial charge on any atom is -0.309 e. The first kappa shape index (κ1) is 67.3. The number of nitrogens with zero attached hydrogens (tertiary/aromatic N) is 5. The Hall–Kier alpha value is -13.6. The van der Waals surface area contributed by atoms with E-state index in [2.05, 4.69) is 421 Å². The van der Waals surface area contributed by atoms with Crippen LogP contribution in [-0.2, 0) is 0 Å². The Morgan fingerprint density at radius 1 is 0.167 bits per heavy atom. The first-order chi connectivity index (χ1) is 56.2. The van der Waals surface area contributed by atoms with Crippen molar-refractivity contribution in [3.8, 4) is 28.4 Å². The molecule has 0 atom stereocenters. The molecule has 114 heavy (non-hydrogen) atoms. The molecule has 0 unspecified atom stereocenters. The Kier molecular flexibility index (Phi) is 16.0. The zero-order chi connectivity index (χ0) is 75.8. The predicted octanol–water partition coefficient (Wildman–Crippen LogP) is 30.6. The smallest absolute Gasteiger partial charge is 0.0634 e. The molecule has 8 heteroatoms. The molecule has 8 heterocycles. The van der Waals surface area contributed by atoms with Crippen LogP contribution >= 0.6 is 34.0 Å². The van der Waals surface area contributed by atoms with Gasteiger partial charge in [-0.25, -0.2) is 0 Å². The molecule has 0 saturated carbocycles. The van der Waals surface area contributed by atoms with Gasteiger partial charge in [0.2, 0.25) is 0 Å². The quantitative estimate of drug-likeness (QED) is 0.164. The van der Waals surface area contributed by atoms with Gasteiger partial charge in [0.15, 0.2) is 0 Å². The van der Waals surface area contributed by atoms with Crippen LogP contribution < -0.4 is 0 Å². The molecule has 0 bridgehead atoms. The van der Waals surface area contributed by atoms with Gasteiger partial charge in [-0.15, -0.1) is 34.0 Å². The molecule has 0 radical (unpaired) electrons. The summed E-state index contributed by atoms with van der Waals surface area (Å²) in [7, 11) is 0. The number of para-hydroxylation sites is 9. The Balaban J connectivity index is 0.0000000930. The average molecular weight is 1510 g/mol. The molecule has 25 aromatic rings. The first-order valence-electron chi connectivity index (χ1n) is 39.0. The van der Waals surface area contributed by atoms with Crippen LogP contribution in [0.5, 0.6) is 0 Å². The van der Waals surface area contributed by atoms with Gasteiger partial charge in [0.1, 0.15) is 0 Å². The van der Waals surface area contributed by atoms with Crippen molar-refractivity contribution in [2.75, 3.05) is 0 Å². The summed E-state index contributed by atoms with van der Waals surface area (Å²) in [5.74, 6) is 0. The molecule has 8 aromatic heterocycles. The van der Waals surface area contributed by atoms with Gasteiger partial charge in [0, 0.05) is 143 Å². The van der Waals surface area contributed by atoms with Gasteiger partial charge < -0.3 is 22.8 Å². The number of aromatic nitrogens is 5. The van der Waals surface area contributed by atoms with E-state index in [9.17, 15) is 0 Å². The van der Waals surface area contributed by atoms with Crippen molar-refractivity contribution >= 4 is 204 Å². The summed E-state index contributed by atoms with van der Waals surface area (Å²) < 4.78 is 20.2. The molecule has 17 aromatic carbocycles. The summed E-state index contributed by atoms with van der Waals surface area (Å²) in [6.07, 6.45) is 0. The number of aryl methyl sites for hydroxylation is 4. The van der Waals surface area contributed by atoms with Crippen molar-refractivity contribution < 1.29 is 0 Å². The van der Waals surface area contributed by atoms with Crippen LogP contribution in [0.3, 0.4) is 0 Å². The summed E-state index contributed by atoms with van der Waals surface area (Å²) >= 11 is 5.70. The van der Waals surface area contributed by atoms with E-state index in [0.29, 0.717) is 0 Å². The monoisotopic (exact) mass is 1510 g/mol. The van der Waals surface area contributed by atoms with Crippen molar-refractivity contribution in [2.45, 2.75) is 27.7 Å². The maximum Gasteiger partial charge on any atom is 0.0634 e. The number of benzene rings is 17. The van der Waals surface area contributed by atoms with Gasteiger partial charge in [0.25, 0.3) is 0 Å². The lowest BCUT2D eigenvalue weighted by molar-refractivity contribution is 1.17. The highest BCUT2D eigenvalue weighted by Crippen LogP contribution is 2.48. The van der Waals surface area contributed by atoms with Crippen LogP contribution in [0.25, 0.3) is 198 Å². The largest absolute Gasteiger partial charge is 0.309 e. The van der Waals surface area contributed by atoms with Gasteiger partial charge in [-0.05, 0) is 196 Å².